The summed E-state index contributed by atoms with van der Waals surface area (Å²) in [6.45, 7) is 2.02. The molecular weight excluding hydrogens is 184 g/mol. The predicted octanol–water partition coefficient (Wildman–Crippen LogP) is 3.55. The molecule has 1 fully saturated rings. The zero-order chi connectivity index (χ0) is 10.7. The smallest absolute Gasteiger partial charge is 0.140 e. The highest BCUT2D eigenvalue weighted by molar-refractivity contribution is 5.85. The summed E-state index contributed by atoms with van der Waals surface area (Å²) < 4.78 is 0. The summed E-state index contributed by atoms with van der Waals surface area (Å²) in [6, 6.07) is 10.1. The molecule has 0 heterocycles. The van der Waals surface area contributed by atoms with Gasteiger partial charge in [-0.2, -0.15) is 0 Å². The first-order valence-corrected chi connectivity index (χ1v) is 5.85. The lowest BCUT2D eigenvalue weighted by Crippen LogP contribution is -2.19. The molecule has 0 N–H and O–H groups in total. The number of Topliss-reactive ketones (excluding diaryl/α,β-unsaturated/α-hetero) is 1. The van der Waals surface area contributed by atoms with Gasteiger partial charge in [0.2, 0.25) is 0 Å². The predicted molar refractivity (Wildman–Crippen MR) is 61.8 cm³/mol. The molecule has 1 aliphatic carbocycles. The van der Waals surface area contributed by atoms with E-state index in [0.29, 0.717) is 11.7 Å². The van der Waals surface area contributed by atoms with E-state index in [1.807, 2.05) is 37.3 Å². The van der Waals surface area contributed by atoms with Gasteiger partial charge in [-0.3, -0.25) is 4.79 Å². The Morgan fingerprint density at radius 2 is 2.00 bits per heavy atom. The Morgan fingerprint density at radius 1 is 1.33 bits per heavy atom. The maximum atomic E-state index is 11.9. The molecule has 0 aliphatic heterocycles. The molecule has 0 saturated heterocycles. The van der Waals surface area contributed by atoms with E-state index in [2.05, 4.69) is 0 Å². The van der Waals surface area contributed by atoms with Gasteiger partial charge in [0, 0.05) is 12.3 Å². The summed E-state index contributed by atoms with van der Waals surface area (Å²) in [5, 5.41) is 0. The first-order chi connectivity index (χ1) is 7.27. The van der Waals surface area contributed by atoms with E-state index >= 15 is 0 Å². The average Bonchev–Trinajstić information content (AvgIpc) is 2.23. The van der Waals surface area contributed by atoms with Crippen LogP contribution in [0.15, 0.2) is 30.3 Å². The number of hydrogen-bond acceptors (Lipinski definition) is 1. The molecule has 1 heteroatoms. The third kappa shape index (κ3) is 2.47. The van der Waals surface area contributed by atoms with E-state index in [-0.39, 0.29) is 5.92 Å². The van der Waals surface area contributed by atoms with Crippen LogP contribution in [0.25, 0.3) is 0 Å². The van der Waals surface area contributed by atoms with Crippen LogP contribution in [-0.2, 0) is 4.79 Å². The molecule has 0 spiro atoms. The van der Waals surface area contributed by atoms with Crippen molar-refractivity contribution in [3.8, 4) is 0 Å². The molecule has 15 heavy (non-hydrogen) atoms. The van der Waals surface area contributed by atoms with Gasteiger partial charge in [0.25, 0.3) is 0 Å². The van der Waals surface area contributed by atoms with Crippen LogP contribution in [0.4, 0.5) is 0 Å². The molecule has 0 aromatic heterocycles. The van der Waals surface area contributed by atoms with Crippen molar-refractivity contribution in [3.63, 3.8) is 0 Å². The number of carbonyl (C=O) groups is 1. The molecule has 2 rings (SSSR count). The normalized spacial score (nSPS) is 18.2. The summed E-state index contributed by atoms with van der Waals surface area (Å²) in [7, 11) is 0. The molecule has 0 bridgehead atoms. The summed E-state index contributed by atoms with van der Waals surface area (Å²) in [5.41, 5.74) is 1.15. The molecule has 1 aromatic carbocycles. The van der Waals surface area contributed by atoms with Gasteiger partial charge in [-0.25, -0.2) is 0 Å². The largest absolute Gasteiger partial charge is 0.299 e. The van der Waals surface area contributed by atoms with Crippen LogP contribution in [0.2, 0.25) is 0 Å². The highest BCUT2D eigenvalue weighted by atomic mass is 16.1. The summed E-state index contributed by atoms with van der Waals surface area (Å²) >= 11 is 0. The second-order valence-electron chi connectivity index (χ2n) is 4.60. The molecule has 1 nitrogen and oxygen atoms in total. The van der Waals surface area contributed by atoms with Gasteiger partial charge in [-0.1, -0.05) is 56.5 Å². The van der Waals surface area contributed by atoms with E-state index in [1.54, 1.807) is 0 Å². The first kappa shape index (κ1) is 10.4. The molecule has 80 valence electrons. The number of benzene rings is 1. The standard InChI is InChI=1S/C14H18O/c1-11(13-8-3-2-4-9-13)14(15)10-12-6-5-7-12/h2-4,8-9,11-12H,5-7,10H2,1H3. The van der Waals surface area contributed by atoms with Crippen molar-refractivity contribution < 1.29 is 4.79 Å². The number of hydrogen-bond donors (Lipinski definition) is 0. The second-order valence-corrected chi connectivity index (χ2v) is 4.60. The highest BCUT2D eigenvalue weighted by Crippen LogP contribution is 2.31. The van der Waals surface area contributed by atoms with Gasteiger partial charge in [0.1, 0.15) is 5.78 Å². The Kier molecular flexibility index (Phi) is 3.20. The van der Waals surface area contributed by atoms with E-state index < -0.39 is 0 Å². The van der Waals surface area contributed by atoms with E-state index in [1.165, 1.54) is 19.3 Å². The van der Waals surface area contributed by atoms with Gasteiger partial charge >= 0.3 is 0 Å². The molecular formula is C14H18O. The first-order valence-electron chi connectivity index (χ1n) is 5.85. The summed E-state index contributed by atoms with van der Waals surface area (Å²) in [5.74, 6) is 1.17. The van der Waals surface area contributed by atoms with Gasteiger partial charge in [-0.15, -0.1) is 0 Å². The van der Waals surface area contributed by atoms with E-state index in [9.17, 15) is 4.79 Å². The third-order valence-corrected chi connectivity index (χ3v) is 3.50. The van der Waals surface area contributed by atoms with Gasteiger partial charge < -0.3 is 0 Å². The average molecular weight is 202 g/mol. The lowest BCUT2D eigenvalue weighted by atomic mass is 9.79. The van der Waals surface area contributed by atoms with Crippen LogP contribution in [0.1, 0.15) is 44.1 Å². The van der Waals surface area contributed by atoms with E-state index in [4.69, 9.17) is 0 Å². The van der Waals surface area contributed by atoms with E-state index in [0.717, 1.165) is 12.0 Å². The molecule has 1 aliphatic rings. The van der Waals surface area contributed by atoms with Crippen LogP contribution in [0.3, 0.4) is 0 Å². The monoisotopic (exact) mass is 202 g/mol. The van der Waals surface area contributed by atoms with Crippen molar-refractivity contribution in [2.45, 2.75) is 38.5 Å². The third-order valence-electron chi connectivity index (χ3n) is 3.50. The van der Waals surface area contributed by atoms with Crippen LogP contribution < -0.4 is 0 Å². The summed E-state index contributed by atoms with van der Waals surface area (Å²) in [6.07, 6.45) is 4.62. The fourth-order valence-corrected chi connectivity index (χ4v) is 2.09. The van der Waals surface area contributed by atoms with Gasteiger partial charge in [0.05, 0.1) is 0 Å². The Labute approximate surface area is 91.5 Å². The minimum Gasteiger partial charge on any atom is -0.299 e. The maximum absolute atomic E-state index is 11.9. The Bertz CT molecular complexity index is 324. The second kappa shape index (κ2) is 4.61. The SMILES string of the molecule is CC(C(=O)CC1CCC1)c1ccccc1. The fraction of sp³-hybridized carbons (Fsp3) is 0.500. The van der Waals surface area contributed by atoms with Crippen LogP contribution >= 0.6 is 0 Å². The van der Waals surface area contributed by atoms with Crippen LogP contribution in [0, 0.1) is 5.92 Å². The maximum Gasteiger partial charge on any atom is 0.140 e. The van der Waals surface area contributed by atoms with Crippen LogP contribution in [0.5, 0.6) is 0 Å². The van der Waals surface area contributed by atoms with Crippen molar-refractivity contribution in [2.24, 2.45) is 5.92 Å². The van der Waals surface area contributed by atoms with Crippen LogP contribution in [-0.4, -0.2) is 5.78 Å². The molecule has 1 atom stereocenters. The zero-order valence-corrected chi connectivity index (χ0v) is 9.28. The minimum atomic E-state index is 0.0757. The number of carbonyl (C=O) groups excluding carboxylic acids is 1. The fourth-order valence-electron chi connectivity index (χ4n) is 2.09. The zero-order valence-electron chi connectivity index (χ0n) is 9.28. The number of rotatable bonds is 4. The lowest BCUT2D eigenvalue weighted by molar-refractivity contribution is -0.121. The number of ketones is 1. The molecule has 1 unspecified atom stereocenters. The van der Waals surface area contributed by atoms with Crippen molar-refractivity contribution in [1.29, 1.82) is 0 Å². The lowest BCUT2D eigenvalue weighted by Gasteiger charge is -2.25. The molecule has 0 radical (unpaired) electrons. The Balaban J connectivity index is 1.94. The van der Waals surface area contributed by atoms with Gasteiger partial charge in [-0.05, 0) is 11.5 Å². The molecule has 1 saturated carbocycles. The highest BCUT2D eigenvalue weighted by Gasteiger charge is 2.23. The topological polar surface area (TPSA) is 17.1 Å². The van der Waals surface area contributed by atoms with Crippen molar-refractivity contribution in [2.75, 3.05) is 0 Å². The molecule has 0 amide bonds. The minimum absolute atomic E-state index is 0.0757. The van der Waals surface area contributed by atoms with Gasteiger partial charge in [0.15, 0.2) is 0 Å². The van der Waals surface area contributed by atoms with Crippen molar-refractivity contribution in [3.05, 3.63) is 35.9 Å². The Morgan fingerprint density at radius 3 is 2.53 bits per heavy atom. The van der Waals surface area contributed by atoms with Crippen molar-refractivity contribution >= 4 is 5.78 Å². The quantitative estimate of drug-likeness (QED) is 0.729. The summed E-state index contributed by atoms with van der Waals surface area (Å²) in [4.78, 5) is 11.9. The molecule has 1 aromatic rings. The van der Waals surface area contributed by atoms with Crippen molar-refractivity contribution in [1.82, 2.24) is 0 Å². The Hall–Kier alpha value is -1.11.